The van der Waals surface area contributed by atoms with Gasteiger partial charge in [-0.15, -0.1) is 0 Å². The molecular formula is C27H28ClN3O2. The van der Waals surface area contributed by atoms with E-state index in [4.69, 9.17) is 11.6 Å². The van der Waals surface area contributed by atoms with E-state index >= 15 is 0 Å². The summed E-state index contributed by atoms with van der Waals surface area (Å²) in [6, 6.07) is 19.3. The molecule has 0 radical (unpaired) electrons. The zero-order chi connectivity index (χ0) is 23.3. The Morgan fingerprint density at radius 1 is 1.12 bits per heavy atom. The van der Waals surface area contributed by atoms with Crippen LogP contribution in [0.5, 0.6) is 0 Å². The molecule has 1 fully saturated rings. The highest BCUT2D eigenvalue weighted by Gasteiger charge is 2.38. The molecule has 0 bridgehead atoms. The van der Waals surface area contributed by atoms with Crippen LogP contribution in [-0.2, 0) is 16.0 Å². The number of rotatable bonds is 8. The Labute approximate surface area is 199 Å². The zero-order valence-electron chi connectivity index (χ0n) is 18.7. The summed E-state index contributed by atoms with van der Waals surface area (Å²) in [5, 5.41) is 7.05. The van der Waals surface area contributed by atoms with E-state index in [1.54, 1.807) is 12.4 Å². The number of carbonyl (C=O) groups excluding carboxylic acids is 2. The molecule has 5 nitrogen and oxygen atoms in total. The van der Waals surface area contributed by atoms with Crippen LogP contribution in [0.2, 0.25) is 5.02 Å². The van der Waals surface area contributed by atoms with Gasteiger partial charge in [0.2, 0.25) is 11.8 Å². The highest BCUT2D eigenvalue weighted by atomic mass is 35.5. The molecule has 1 aliphatic rings. The van der Waals surface area contributed by atoms with Crippen LogP contribution in [0.3, 0.4) is 0 Å². The number of pyridine rings is 1. The van der Waals surface area contributed by atoms with Crippen molar-refractivity contribution in [2.24, 2.45) is 0 Å². The van der Waals surface area contributed by atoms with Crippen LogP contribution in [0, 0.1) is 6.92 Å². The predicted octanol–water partition coefficient (Wildman–Crippen LogP) is 4.92. The first-order valence-electron chi connectivity index (χ1n) is 11.2. The van der Waals surface area contributed by atoms with E-state index in [0.29, 0.717) is 37.1 Å². The summed E-state index contributed by atoms with van der Waals surface area (Å²) in [5.41, 5.74) is 3.83. The topological polar surface area (TPSA) is 71.1 Å². The second-order valence-electron chi connectivity index (χ2n) is 8.77. The Kier molecular flexibility index (Phi) is 7.09. The second-order valence-corrected chi connectivity index (χ2v) is 9.21. The van der Waals surface area contributed by atoms with Crippen molar-refractivity contribution in [3.63, 3.8) is 0 Å². The minimum absolute atomic E-state index is 0.0407. The molecule has 3 aromatic rings. The van der Waals surface area contributed by atoms with Gasteiger partial charge in [-0.05, 0) is 72.7 Å². The molecule has 1 saturated heterocycles. The molecule has 33 heavy (non-hydrogen) atoms. The molecule has 0 spiro atoms. The van der Waals surface area contributed by atoms with E-state index in [1.807, 2.05) is 67.6 Å². The summed E-state index contributed by atoms with van der Waals surface area (Å²) >= 11 is 6.02. The normalized spacial score (nSPS) is 18.5. The van der Waals surface area contributed by atoms with E-state index in [0.717, 1.165) is 22.3 Å². The monoisotopic (exact) mass is 461 g/mol. The smallest absolute Gasteiger partial charge is 0.220 e. The lowest BCUT2D eigenvalue weighted by atomic mass is 9.85. The van der Waals surface area contributed by atoms with Gasteiger partial charge in [-0.3, -0.25) is 14.6 Å². The fourth-order valence-corrected chi connectivity index (χ4v) is 4.69. The number of hydrogen-bond acceptors (Lipinski definition) is 3. The van der Waals surface area contributed by atoms with E-state index in [2.05, 4.69) is 15.6 Å². The summed E-state index contributed by atoms with van der Waals surface area (Å²) in [4.78, 5) is 29.3. The summed E-state index contributed by atoms with van der Waals surface area (Å²) < 4.78 is 0. The van der Waals surface area contributed by atoms with Gasteiger partial charge in [0.05, 0.1) is 6.04 Å². The fraction of sp³-hybridized carbons (Fsp3) is 0.296. The van der Waals surface area contributed by atoms with Crippen molar-refractivity contribution in [1.82, 2.24) is 15.6 Å². The maximum absolute atomic E-state index is 13.1. The number of benzene rings is 2. The van der Waals surface area contributed by atoms with Crippen molar-refractivity contribution in [3.8, 4) is 0 Å². The number of amides is 2. The van der Waals surface area contributed by atoms with Crippen LogP contribution in [0.15, 0.2) is 73.1 Å². The third-order valence-corrected chi connectivity index (χ3v) is 6.62. The molecule has 2 aromatic carbocycles. The number of nitrogens with zero attached hydrogens (tertiary/aromatic N) is 1. The summed E-state index contributed by atoms with van der Waals surface area (Å²) in [5.74, 6) is -0.00404. The SMILES string of the molecule is Cc1ccccc1[C@@H](NC(=O)CC[C@@]1(Cc2ccc(Cl)cc2)CCC(=O)N1)c1ccncc1. The largest absolute Gasteiger partial charge is 0.350 e. The van der Waals surface area contributed by atoms with Crippen molar-refractivity contribution >= 4 is 23.4 Å². The summed E-state index contributed by atoms with van der Waals surface area (Å²) in [6.45, 7) is 2.05. The van der Waals surface area contributed by atoms with Gasteiger partial charge in [-0.25, -0.2) is 0 Å². The Morgan fingerprint density at radius 3 is 2.52 bits per heavy atom. The number of hydrogen-bond donors (Lipinski definition) is 2. The average Bonchev–Trinajstić information content (AvgIpc) is 3.19. The van der Waals surface area contributed by atoms with Gasteiger partial charge in [0.25, 0.3) is 0 Å². The molecule has 2 atom stereocenters. The van der Waals surface area contributed by atoms with Crippen LogP contribution in [0.25, 0.3) is 0 Å². The fourth-order valence-electron chi connectivity index (χ4n) is 4.57. The van der Waals surface area contributed by atoms with Gasteiger partial charge < -0.3 is 10.6 Å². The van der Waals surface area contributed by atoms with Gasteiger partial charge in [-0.1, -0.05) is 48.0 Å². The lowest BCUT2D eigenvalue weighted by Gasteiger charge is -2.30. The minimum atomic E-state index is -0.420. The average molecular weight is 462 g/mol. The molecule has 1 aromatic heterocycles. The molecule has 0 aliphatic carbocycles. The standard InChI is InChI=1S/C27H28ClN3O2/c1-19-4-2-3-5-23(19)26(21-12-16-29-17-13-21)30-24(32)10-14-27(15-11-25(33)31-27)18-20-6-8-22(28)9-7-20/h2-9,12-13,16-17,26H,10-11,14-15,18H2,1H3,(H,30,32)(H,31,33)/t26-,27-/m0/s1. The molecule has 0 saturated carbocycles. The molecular weight excluding hydrogens is 434 g/mol. The number of nitrogens with one attached hydrogen (secondary N) is 2. The van der Waals surface area contributed by atoms with Gasteiger partial charge in [0, 0.05) is 35.8 Å². The Bertz CT molecular complexity index is 1120. The first-order valence-corrected chi connectivity index (χ1v) is 11.6. The maximum Gasteiger partial charge on any atom is 0.220 e. The minimum Gasteiger partial charge on any atom is -0.350 e. The van der Waals surface area contributed by atoms with Crippen LogP contribution in [-0.4, -0.2) is 22.3 Å². The van der Waals surface area contributed by atoms with Gasteiger partial charge >= 0.3 is 0 Å². The van der Waals surface area contributed by atoms with Crippen molar-refractivity contribution in [1.29, 1.82) is 0 Å². The highest BCUT2D eigenvalue weighted by molar-refractivity contribution is 6.30. The van der Waals surface area contributed by atoms with Gasteiger partial charge in [0.15, 0.2) is 0 Å². The molecule has 2 heterocycles. The van der Waals surface area contributed by atoms with E-state index in [-0.39, 0.29) is 17.9 Å². The lowest BCUT2D eigenvalue weighted by molar-refractivity contribution is -0.123. The van der Waals surface area contributed by atoms with Crippen LogP contribution in [0.4, 0.5) is 0 Å². The molecule has 1 aliphatic heterocycles. The number of aromatic nitrogens is 1. The molecule has 6 heteroatoms. The van der Waals surface area contributed by atoms with Gasteiger partial charge in [0.1, 0.15) is 0 Å². The molecule has 0 unspecified atom stereocenters. The highest BCUT2D eigenvalue weighted by Crippen LogP contribution is 2.31. The Balaban J connectivity index is 1.49. The Morgan fingerprint density at radius 2 is 1.85 bits per heavy atom. The number of carbonyl (C=O) groups is 2. The van der Waals surface area contributed by atoms with Crippen LogP contribution in [0.1, 0.15) is 54.0 Å². The van der Waals surface area contributed by atoms with Crippen molar-refractivity contribution < 1.29 is 9.59 Å². The van der Waals surface area contributed by atoms with E-state index in [9.17, 15) is 9.59 Å². The first kappa shape index (κ1) is 23.0. The lowest BCUT2D eigenvalue weighted by Crippen LogP contribution is -2.44. The molecule has 4 rings (SSSR count). The van der Waals surface area contributed by atoms with Crippen molar-refractivity contribution in [2.75, 3.05) is 0 Å². The quantitative estimate of drug-likeness (QED) is 0.500. The third-order valence-electron chi connectivity index (χ3n) is 6.37. The van der Waals surface area contributed by atoms with Crippen molar-refractivity contribution in [3.05, 3.63) is 100 Å². The predicted molar refractivity (Wildman–Crippen MR) is 130 cm³/mol. The van der Waals surface area contributed by atoms with E-state index in [1.165, 1.54) is 0 Å². The van der Waals surface area contributed by atoms with Crippen LogP contribution >= 0.6 is 11.6 Å². The molecule has 2 N–H and O–H groups in total. The van der Waals surface area contributed by atoms with Crippen LogP contribution < -0.4 is 10.6 Å². The summed E-state index contributed by atoms with van der Waals surface area (Å²) in [7, 11) is 0. The van der Waals surface area contributed by atoms with Crippen molar-refractivity contribution in [2.45, 2.75) is 50.6 Å². The first-order chi connectivity index (χ1) is 15.9. The zero-order valence-corrected chi connectivity index (χ0v) is 19.4. The van der Waals surface area contributed by atoms with Gasteiger partial charge in [-0.2, -0.15) is 0 Å². The second kappa shape index (κ2) is 10.2. The molecule has 170 valence electrons. The number of halogens is 1. The molecule has 2 amide bonds. The summed E-state index contributed by atoms with van der Waals surface area (Å²) in [6.07, 6.45) is 6.25. The Hall–Kier alpha value is -3.18. The van der Waals surface area contributed by atoms with E-state index < -0.39 is 5.54 Å². The third kappa shape index (κ3) is 5.79. The number of aryl methyl sites for hydroxylation is 1. The maximum atomic E-state index is 13.1.